The molecule has 0 aromatic carbocycles. The zero-order valence-electron chi connectivity index (χ0n) is 8.87. The molecule has 0 atom stereocenters. The molecule has 1 rings (SSSR count). The number of nitrogens with zero attached hydrogens (tertiary/aromatic N) is 2. The van der Waals surface area contributed by atoms with Gasteiger partial charge in [0, 0.05) is 25.5 Å². The van der Waals surface area contributed by atoms with Crippen LogP contribution in [0.2, 0.25) is 0 Å². The monoisotopic (exact) mass is 182 g/mol. The van der Waals surface area contributed by atoms with E-state index in [2.05, 4.69) is 25.9 Å². The maximum atomic E-state index is 5.33. The Morgan fingerprint density at radius 1 is 1.54 bits per heavy atom. The first-order valence-electron chi connectivity index (χ1n) is 4.59. The maximum Gasteiger partial charge on any atom is 0.0640 e. The van der Waals surface area contributed by atoms with Gasteiger partial charge in [0.15, 0.2) is 0 Å². The van der Waals surface area contributed by atoms with Crippen molar-refractivity contribution in [3.8, 4) is 0 Å². The Balaban J connectivity index is 2.48. The van der Waals surface area contributed by atoms with E-state index in [1.165, 1.54) is 5.69 Å². The van der Waals surface area contributed by atoms with Crippen molar-refractivity contribution in [2.45, 2.75) is 39.3 Å². The number of methoxy groups -OCH3 is 1. The largest absolute Gasteiger partial charge is 0.379 e. The molecule has 0 aliphatic rings. The van der Waals surface area contributed by atoms with Crippen molar-refractivity contribution in [1.82, 2.24) is 9.78 Å². The van der Waals surface area contributed by atoms with Gasteiger partial charge in [0.1, 0.15) is 0 Å². The first-order valence-corrected chi connectivity index (χ1v) is 4.59. The summed E-state index contributed by atoms with van der Waals surface area (Å²) in [5, 5.41) is 4.21. The molecule has 0 unspecified atom stereocenters. The molecule has 0 bridgehead atoms. The fourth-order valence-electron chi connectivity index (χ4n) is 1.11. The summed E-state index contributed by atoms with van der Waals surface area (Å²) in [5.74, 6) is 0. The fourth-order valence-corrected chi connectivity index (χ4v) is 1.11. The zero-order chi connectivity index (χ0) is 9.90. The van der Waals surface area contributed by atoms with Crippen LogP contribution in [-0.2, 0) is 11.3 Å². The Bertz CT molecular complexity index is 266. The first-order chi connectivity index (χ1) is 6.05. The van der Waals surface area contributed by atoms with E-state index in [1.807, 2.05) is 16.9 Å². The summed E-state index contributed by atoms with van der Waals surface area (Å²) in [6, 6.07) is 2.01. The van der Waals surface area contributed by atoms with Crippen LogP contribution in [0.3, 0.4) is 0 Å². The zero-order valence-corrected chi connectivity index (χ0v) is 8.87. The van der Waals surface area contributed by atoms with Crippen molar-refractivity contribution in [2.75, 3.05) is 7.11 Å². The third kappa shape index (κ3) is 2.84. The van der Waals surface area contributed by atoms with Crippen LogP contribution in [0.5, 0.6) is 0 Å². The molecule has 0 radical (unpaired) electrons. The quantitative estimate of drug-likeness (QED) is 0.712. The van der Waals surface area contributed by atoms with E-state index in [9.17, 15) is 0 Å². The lowest BCUT2D eigenvalue weighted by molar-refractivity contribution is 0.0112. The second-order valence-corrected chi connectivity index (χ2v) is 3.91. The molecule has 0 spiro atoms. The molecular formula is C10H18N2O. The van der Waals surface area contributed by atoms with Crippen LogP contribution in [0, 0.1) is 6.92 Å². The van der Waals surface area contributed by atoms with Crippen LogP contribution in [-0.4, -0.2) is 22.5 Å². The molecule has 1 aromatic rings. The van der Waals surface area contributed by atoms with Crippen LogP contribution in [0.25, 0.3) is 0 Å². The Morgan fingerprint density at radius 2 is 2.23 bits per heavy atom. The predicted molar refractivity (Wildman–Crippen MR) is 52.7 cm³/mol. The number of hydrogen-bond donors (Lipinski definition) is 0. The fraction of sp³-hybridized carbons (Fsp3) is 0.700. The topological polar surface area (TPSA) is 27.1 Å². The molecule has 0 aliphatic heterocycles. The van der Waals surface area contributed by atoms with Crippen LogP contribution in [0.4, 0.5) is 0 Å². The van der Waals surface area contributed by atoms with Gasteiger partial charge in [0.05, 0.1) is 5.60 Å². The SMILES string of the molecule is COC(C)(C)CCn1nccc1C. The Labute approximate surface area is 79.7 Å². The summed E-state index contributed by atoms with van der Waals surface area (Å²) in [4.78, 5) is 0. The van der Waals surface area contributed by atoms with Crippen molar-refractivity contribution < 1.29 is 4.74 Å². The molecule has 0 saturated heterocycles. The third-order valence-electron chi connectivity index (χ3n) is 2.41. The van der Waals surface area contributed by atoms with Gasteiger partial charge in [0.2, 0.25) is 0 Å². The van der Waals surface area contributed by atoms with Gasteiger partial charge in [-0.3, -0.25) is 4.68 Å². The summed E-state index contributed by atoms with van der Waals surface area (Å²) in [7, 11) is 1.75. The molecule has 1 aromatic heterocycles. The molecule has 0 aliphatic carbocycles. The molecule has 1 heterocycles. The van der Waals surface area contributed by atoms with E-state index in [-0.39, 0.29) is 5.60 Å². The molecule has 13 heavy (non-hydrogen) atoms. The van der Waals surface area contributed by atoms with Gasteiger partial charge in [0.25, 0.3) is 0 Å². The summed E-state index contributed by atoms with van der Waals surface area (Å²) in [6.07, 6.45) is 2.81. The molecule has 3 nitrogen and oxygen atoms in total. The minimum Gasteiger partial charge on any atom is -0.379 e. The van der Waals surface area contributed by atoms with E-state index < -0.39 is 0 Å². The van der Waals surface area contributed by atoms with E-state index in [4.69, 9.17) is 4.74 Å². The molecule has 3 heteroatoms. The second-order valence-electron chi connectivity index (χ2n) is 3.91. The molecule has 0 N–H and O–H groups in total. The summed E-state index contributed by atoms with van der Waals surface area (Å²) in [5.41, 5.74) is 1.14. The lowest BCUT2D eigenvalue weighted by Crippen LogP contribution is -2.24. The van der Waals surface area contributed by atoms with Gasteiger partial charge >= 0.3 is 0 Å². The molecule has 0 fully saturated rings. The average Bonchev–Trinajstić information content (AvgIpc) is 2.48. The second kappa shape index (κ2) is 3.92. The van der Waals surface area contributed by atoms with E-state index in [0.717, 1.165) is 13.0 Å². The Hall–Kier alpha value is -0.830. The molecule has 0 amide bonds. The van der Waals surface area contributed by atoms with Crippen molar-refractivity contribution in [1.29, 1.82) is 0 Å². The first kappa shape index (κ1) is 10.3. The number of aryl methyl sites for hydroxylation is 2. The predicted octanol–water partition coefficient (Wildman–Crippen LogP) is 2.01. The van der Waals surface area contributed by atoms with Gasteiger partial charge in [-0.2, -0.15) is 5.10 Å². The smallest absolute Gasteiger partial charge is 0.0640 e. The summed E-state index contributed by atoms with van der Waals surface area (Å²) < 4.78 is 7.34. The van der Waals surface area contributed by atoms with Crippen molar-refractivity contribution in [3.05, 3.63) is 18.0 Å². The summed E-state index contributed by atoms with van der Waals surface area (Å²) in [6.45, 7) is 7.16. The Kier molecular flexibility index (Phi) is 3.09. The molecule has 74 valence electrons. The number of hydrogen-bond acceptors (Lipinski definition) is 2. The lowest BCUT2D eigenvalue weighted by Gasteiger charge is -2.22. The van der Waals surface area contributed by atoms with Gasteiger partial charge in [-0.25, -0.2) is 0 Å². The highest BCUT2D eigenvalue weighted by atomic mass is 16.5. The highest BCUT2D eigenvalue weighted by molar-refractivity contribution is 4.96. The highest BCUT2D eigenvalue weighted by Crippen LogP contribution is 2.14. The van der Waals surface area contributed by atoms with Crippen molar-refractivity contribution in [3.63, 3.8) is 0 Å². The standard InChI is InChI=1S/C10H18N2O/c1-9-5-7-11-12(9)8-6-10(2,3)13-4/h5,7H,6,8H2,1-4H3. The average molecular weight is 182 g/mol. The van der Waals surface area contributed by atoms with Crippen LogP contribution in [0.1, 0.15) is 26.0 Å². The maximum absolute atomic E-state index is 5.33. The lowest BCUT2D eigenvalue weighted by atomic mass is 10.1. The normalized spacial score (nSPS) is 12.0. The van der Waals surface area contributed by atoms with Crippen LogP contribution in [0.15, 0.2) is 12.3 Å². The molecule has 0 saturated carbocycles. The van der Waals surface area contributed by atoms with Crippen LogP contribution < -0.4 is 0 Å². The number of aromatic nitrogens is 2. The van der Waals surface area contributed by atoms with E-state index >= 15 is 0 Å². The highest BCUT2D eigenvalue weighted by Gasteiger charge is 2.16. The molecular weight excluding hydrogens is 164 g/mol. The van der Waals surface area contributed by atoms with Gasteiger partial charge < -0.3 is 4.74 Å². The summed E-state index contributed by atoms with van der Waals surface area (Å²) >= 11 is 0. The van der Waals surface area contributed by atoms with Crippen molar-refractivity contribution >= 4 is 0 Å². The van der Waals surface area contributed by atoms with E-state index in [0.29, 0.717) is 0 Å². The third-order valence-corrected chi connectivity index (χ3v) is 2.41. The van der Waals surface area contributed by atoms with E-state index in [1.54, 1.807) is 7.11 Å². The van der Waals surface area contributed by atoms with Gasteiger partial charge in [-0.1, -0.05) is 0 Å². The number of ether oxygens (including phenoxy) is 1. The minimum absolute atomic E-state index is 0.0572. The Morgan fingerprint density at radius 3 is 2.69 bits per heavy atom. The van der Waals surface area contributed by atoms with Crippen molar-refractivity contribution in [2.24, 2.45) is 0 Å². The minimum atomic E-state index is -0.0572. The van der Waals surface area contributed by atoms with Gasteiger partial charge in [-0.05, 0) is 33.3 Å². The number of rotatable bonds is 4. The van der Waals surface area contributed by atoms with Gasteiger partial charge in [-0.15, -0.1) is 0 Å². The van der Waals surface area contributed by atoms with Crippen LogP contribution >= 0.6 is 0 Å².